The molecular weight excluding hydrogens is 212 g/mol. The van der Waals surface area contributed by atoms with Crippen molar-refractivity contribution in [2.24, 2.45) is 0 Å². The third-order valence-electron chi connectivity index (χ3n) is 0.847. The number of carbonyl (C=O) groups excluding carboxylic acids is 2. The topological polar surface area (TPSA) is 52.6 Å². The molecule has 0 amide bonds. The Morgan fingerprint density at radius 1 is 0.857 bits per heavy atom. The van der Waals surface area contributed by atoms with Crippen molar-refractivity contribution in [2.45, 2.75) is 12.9 Å². The molecule has 0 fully saturated rings. The third kappa shape index (κ3) is 6.21. The second kappa shape index (κ2) is 6.17. The van der Waals surface area contributed by atoms with Gasteiger partial charge < -0.3 is 9.47 Å². The number of esters is 2. The lowest BCUT2D eigenvalue weighted by atomic mass is 10.6. The number of ether oxygens (including phenoxy) is 2. The molecule has 0 aromatic heterocycles. The van der Waals surface area contributed by atoms with Gasteiger partial charge in [-0.15, -0.1) is 0 Å². The molecule has 0 spiro atoms. The van der Waals surface area contributed by atoms with E-state index in [2.05, 4.69) is 9.47 Å². The monoisotopic (exact) mass is 218 g/mol. The molecule has 14 heavy (non-hydrogen) atoms. The van der Waals surface area contributed by atoms with Crippen molar-refractivity contribution in [3.8, 4) is 0 Å². The molecule has 0 saturated heterocycles. The van der Waals surface area contributed by atoms with Crippen LogP contribution in [0.1, 0.15) is 0 Å². The Bertz CT molecular complexity index is 184. The van der Waals surface area contributed by atoms with Crippen LogP contribution in [0.4, 0.5) is 17.6 Å². The van der Waals surface area contributed by atoms with Crippen LogP contribution in [0.15, 0.2) is 0 Å². The van der Waals surface area contributed by atoms with E-state index in [0.717, 1.165) is 0 Å². The second-order valence-electron chi connectivity index (χ2n) is 1.98. The average molecular weight is 218 g/mol. The van der Waals surface area contributed by atoms with E-state index < -0.39 is 38.0 Å². The molecule has 0 rings (SSSR count). The fraction of sp³-hybridized carbons (Fsp3) is 0.667. The number of hydrogen-bond donors (Lipinski definition) is 0. The van der Waals surface area contributed by atoms with Crippen LogP contribution in [0.3, 0.4) is 0 Å². The van der Waals surface area contributed by atoms with E-state index in [9.17, 15) is 27.2 Å². The molecule has 0 N–H and O–H groups in total. The van der Waals surface area contributed by atoms with Crippen molar-refractivity contribution < 1.29 is 36.6 Å². The van der Waals surface area contributed by atoms with E-state index in [1.165, 1.54) is 0 Å². The molecule has 0 atom stereocenters. The minimum absolute atomic E-state index is 1.28. The summed E-state index contributed by atoms with van der Waals surface area (Å²) in [7, 11) is 0. The van der Waals surface area contributed by atoms with Crippen LogP contribution in [0.25, 0.3) is 0 Å². The highest BCUT2D eigenvalue weighted by atomic mass is 19.3. The van der Waals surface area contributed by atoms with Gasteiger partial charge in [0.05, 0.1) is 0 Å². The molecule has 0 bridgehead atoms. The van der Waals surface area contributed by atoms with Gasteiger partial charge in [0.1, 0.15) is 0 Å². The minimum Gasteiger partial charge on any atom is -0.451 e. The van der Waals surface area contributed by atoms with Crippen LogP contribution < -0.4 is 0 Å². The predicted octanol–water partition coefficient (Wildman–Crippen LogP) is 0.603. The summed E-state index contributed by atoms with van der Waals surface area (Å²) in [6, 6.07) is 0. The number of carbonyl (C=O) groups is 2. The molecule has 0 aliphatic carbocycles. The largest absolute Gasteiger partial charge is 0.451 e. The Hall–Kier alpha value is -1.34. The van der Waals surface area contributed by atoms with E-state index >= 15 is 0 Å². The summed E-state index contributed by atoms with van der Waals surface area (Å²) >= 11 is 0. The van der Waals surface area contributed by atoms with Crippen LogP contribution in [-0.2, 0) is 19.1 Å². The number of hydrogen-bond acceptors (Lipinski definition) is 4. The van der Waals surface area contributed by atoms with Crippen LogP contribution in [-0.4, -0.2) is 38.0 Å². The Labute approximate surface area is 75.8 Å². The summed E-state index contributed by atoms with van der Waals surface area (Å²) < 4.78 is 53.1. The minimum atomic E-state index is -2.93. The molecule has 0 saturated carbocycles. The Morgan fingerprint density at radius 2 is 1.14 bits per heavy atom. The van der Waals surface area contributed by atoms with Crippen molar-refractivity contribution in [1.82, 2.24) is 0 Å². The fourth-order valence-electron chi connectivity index (χ4n) is 0.395. The Morgan fingerprint density at radius 3 is 1.36 bits per heavy atom. The highest BCUT2D eigenvalue weighted by Gasteiger charge is 2.20. The van der Waals surface area contributed by atoms with Crippen LogP contribution in [0, 0.1) is 0 Å². The van der Waals surface area contributed by atoms with Crippen LogP contribution in [0.5, 0.6) is 0 Å². The average Bonchev–Trinajstić information content (AvgIpc) is 2.09. The lowest BCUT2D eigenvalue weighted by molar-refractivity contribution is -0.171. The van der Waals surface area contributed by atoms with Gasteiger partial charge in [0.2, 0.25) is 0 Å². The lowest BCUT2D eigenvalue weighted by Gasteiger charge is -2.03. The fourth-order valence-corrected chi connectivity index (χ4v) is 0.395. The molecule has 0 unspecified atom stereocenters. The van der Waals surface area contributed by atoms with Crippen molar-refractivity contribution in [1.29, 1.82) is 0 Å². The Kier molecular flexibility index (Phi) is 5.58. The van der Waals surface area contributed by atoms with E-state index in [1.807, 2.05) is 0 Å². The molecule has 82 valence electrons. The van der Waals surface area contributed by atoms with Crippen molar-refractivity contribution in [3.05, 3.63) is 0 Å². The summed E-state index contributed by atoms with van der Waals surface area (Å²) in [4.78, 5) is 20.8. The second-order valence-corrected chi connectivity index (χ2v) is 1.98. The summed E-state index contributed by atoms with van der Waals surface area (Å²) in [6.07, 6.45) is -5.86. The zero-order chi connectivity index (χ0) is 11.1. The highest BCUT2D eigenvalue weighted by Crippen LogP contribution is 1.96. The van der Waals surface area contributed by atoms with Crippen molar-refractivity contribution >= 4 is 11.9 Å². The van der Waals surface area contributed by atoms with Gasteiger partial charge in [-0.3, -0.25) is 0 Å². The zero-order valence-electron chi connectivity index (χ0n) is 6.71. The highest BCUT2D eigenvalue weighted by molar-refractivity contribution is 6.29. The standard InChI is InChI=1S/C6H6F4O4/c7-3(8)1-13-5(11)6(12)14-2-4(9)10/h3-4H,1-2H2. The van der Waals surface area contributed by atoms with E-state index in [0.29, 0.717) is 0 Å². The maximum Gasteiger partial charge on any atom is 0.417 e. The molecule has 8 heteroatoms. The van der Waals surface area contributed by atoms with Gasteiger partial charge in [0, 0.05) is 0 Å². The molecular formula is C6H6F4O4. The first-order valence-corrected chi connectivity index (χ1v) is 3.33. The molecule has 0 aromatic rings. The first-order valence-electron chi connectivity index (χ1n) is 3.33. The summed E-state index contributed by atoms with van der Waals surface area (Å²) in [5, 5.41) is 0. The zero-order valence-corrected chi connectivity index (χ0v) is 6.71. The number of halogens is 4. The summed E-state index contributed by atoms with van der Waals surface area (Å²) in [6.45, 7) is -2.55. The van der Waals surface area contributed by atoms with Crippen LogP contribution >= 0.6 is 0 Å². The molecule has 0 aliphatic heterocycles. The van der Waals surface area contributed by atoms with E-state index in [-0.39, 0.29) is 0 Å². The van der Waals surface area contributed by atoms with Crippen molar-refractivity contribution in [3.63, 3.8) is 0 Å². The lowest BCUT2D eigenvalue weighted by Crippen LogP contribution is -2.24. The normalized spacial score (nSPS) is 10.4. The predicted molar refractivity (Wildman–Crippen MR) is 33.9 cm³/mol. The number of alkyl halides is 4. The van der Waals surface area contributed by atoms with Gasteiger partial charge in [-0.1, -0.05) is 0 Å². The molecule has 0 aliphatic rings. The van der Waals surface area contributed by atoms with Crippen molar-refractivity contribution in [2.75, 3.05) is 13.2 Å². The molecule has 0 radical (unpaired) electrons. The number of rotatable bonds is 4. The van der Waals surface area contributed by atoms with E-state index in [4.69, 9.17) is 0 Å². The first kappa shape index (κ1) is 12.7. The van der Waals surface area contributed by atoms with Gasteiger partial charge >= 0.3 is 11.9 Å². The molecule has 4 nitrogen and oxygen atoms in total. The van der Waals surface area contributed by atoms with Gasteiger partial charge in [-0.25, -0.2) is 27.2 Å². The molecule has 0 aromatic carbocycles. The smallest absolute Gasteiger partial charge is 0.417 e. The maximum absolute atomic E-state index is 11.4. The first-order chi connectivity index (χ1) is 6.43. The molecule has 0 heterocycles. The third-order valence-corrected chi connectivity index (χ3v) is 0.847. The quantitative estimate of drug-likeness (QED) is 0.394. The van der Waals surface area contributed by atoms with Crippen LogP contribution in [0.2, 0.25) is 0 Å². The maximum atomic E-state index is 11.4. The van der Waals surface area contributed by atoms with Gasteiger partial charge in [-0.2, -0.15) is 0 Å². The Balaban J connectivity index is 3.71. The summed E-state index contributed by atoms with van der Waals surface area (Å²) in [5.74, 6) is -3.43. The van der Waals surface area contributed by atoms with Gasteiger partial charge in [0.15, 0.2) is 13.2 Å². The van der Waals surface area contributed by atoms with Gasteiger partial charge in [-0.05, 0) is 0 Å². The SMILES string of the molecule is O=C(OCC(F)F)C(=O)OCC(F)F. The van der Waals surface area contributed by atoms with E-state index in [1.54, 1.807) is 0 Å². The summed E-state index contributed by atoms with van der Waals surface area (Å²) in [5.41, 5.74) is 0. The van der Waals surface area contributed by atoms with Gasteiger partial charge in [0.25, 0.3) is 12.9 Å².